The van der Waals surface area contributed by atoms with Gasteiger partial charge in [0.1, 0.15) is 5.69 Å². The van der Waals surface area contributed by atoms with Crippen LogP contribution in [0.5, 0.6) is 0 Å². The second kappa shape index (κ2) is 9.57. The van der Waals surface area contributed by atoms with Gasteiger partial charge in [-0.25, -0.2) is 9.97 Å². The van der Waals surface area contributed by atoms with Crippen molar-refractivity contribution in [3.05, 3.63) is 71.0 Å². The lowest BCUT2D eigenvalue weighted by molar-refractivity contribution is -0.117. The average molecular weight is 439 g/mol. The molecule has 0 spiro atoms. The van der Waals surface area contributed by atoms with Gasteiger partial charge >= 0.3 is 0 Å². The van der Waals surface area contributed by atoms with E-state index in [-0.39, 0.29) is 5.91 Å². The minimum atomic E-state index is 0.0366. The molecule has 1 fully saturated rings. The first kappa shape index (κ1) is 21.4. The molecule has 5 rings (SSSR count). The van der Waals surface area contributed by atoms with E-state index in [9.17, 15) is 4.79 Å². The number of fused-ring (bicyclic) bond motifs is 3. The first-order valence-corrected chi connectivity index (χ1v) is 12.0. The van der Waals surface area contributed by atoms with Gasteiger partial charge in [-0.3, -0.25) is 4.79 Å². The maximum atomic E-state index is 12.9. The van der Waals surface area contributed by atoms with E-state index in [1.807, 2.05) is 60.7 Å². The summed E-state index contributed by atoms with van der Waals surface area (Å²) in [5.74, 6) is 1.07. The molecule has 0 unspecified atom stereocenters. The minimum absolute atomic E-state index is 0.0366. The number of benzene rings is 2. The van der Waals surface area contributed by atoms with Crippen LogP contribution in [0.1, 0.15) is 61.0 Å². The van der Waals surface area contributed by atoms with Crippen LogP contribution in [0.3, 0.4) is 0 Å². The van der Waals surface area contributed by atoms with E-state index in [1.54, 1.807) is 0 Å². The van der Waals surface area contributed by atoms with Gasteiger partial charge in [0.25, 0.3) is 0 Å². The van der Waals surface area contributed by atoms with Gasteiger partial charge in [0.05, 0.1) is 11.4 Å². The van der Waals surface area contributed by atoms with E-state index in [0.29, 0.717) is 23.9 Å². The van der Waals surface area contributed by atoms with E-state index >= 15 is 0 Å². The molecule has 2 aromatic carbocycles. The Kier molecular flexibility index (Phi) is 6.20. The Balaban J connectivity index is 1.48. The summed E-state index contributed by atoms with van der Waals surface area (Å²) in [6.07, 6.45) is 12.2. The Morgan fingerprint density at radius 3 is 2.64 bits per heavy atom. The molecule has 1 heterocycles. The Bertz CT molecular complexity index is 1180. The van der Waals surface area contributed by atoms with Crippen LogP contribution in [-0.4, -0.2) is 15.9 Å². The van der Waals surface area contributed by atoms with E-state index in [4.69, 9.17) is 15.7 Å². The summed E-state index contributed by atoms with van der Waals surface area (Å²) in [6, 6.07) is 16.1. The van der Waals surface area contributed by atoms with Gasteiger partial charge in [-0.2, -0.15) is 0 Å². The molecule has 1 amide bonds. The molecule has 0 aliphatic heterocycles. The summed E-state index contributed by atoms with van der Waals surface area (Å²) in [4.78, 5) is 22.8. The summed E-state index contributed by atoms with van der Waals surface area (Å²) < 4.78 is 0. The standard InChI is InChI=1S/C28H30N4O/c29-22-13-14-23-21(18-22)12-16-24-27(23)30-25(15-11-19-7-3-1-4-8-19)28(31-24)32-26(33)17-20-9-5-2-6-10-20/h1,3-4,7-8,11,13-15,18,20H,2,5-6,9-10,12,16-17,29H2,(H,31,32,33). The monoisotopic (exact) mass is 438 g/mol. The van der Waals surface area contributed by atoms with Crippen LogP contribution in [-0.2, 0) is 17.6 Å². The van der Waals surface area contributed by atoms with E-state index < -0.39 is 0 Å². The Labute approximate surface area is 195 Å². The predicted octanol–water partition coefficient (Wildman–Crippen LogP) is 5.90. The summed E-state index contributed by atoms with van der Waals surface area (Å²) in [5.41, 5.74) is 12.6. The molecule has 1 aromatic heterocycles. The maximum Gasteiger partial charge on any atom is 0.225 e. The van der Waals surface area contributed by atoms with E-state index in [0.717, 1.165) is 53.9 Å². The normalized spacial score (nSPS) is 15.8. The van der Waals surface area contributed by atoms with Crippen molar-refractivity contribution in [1.82, 2.24) is 9.97 Å². The number of amides is 1. The average Bonchev–Trinajstić information content (AvgIpc) is 2.83. The number of aryl methyl sites for hydroxylation is 2. The largest absolute Gasteiger partial charge is 0.399 e. The molecule has 5 heteroatoms. The molecule has 3 N–H and O–H groups in total. The van der Waals surface area contributed by atoms with Crippen molar-refractivity contribution >= 4 is 29.6 Å². The number of carbonyl (C=O) groups is 1. The number of nitrogen functional groups attached to an aromatic ring is 1. The quantitative estimate of drug-likeness (QED) is 0.486. The highest BCUT2D eigenvalue weighted by Crippen LogP contribution is 2.34. The van der Waals surface area contributed by atoms with Crippen LogP contribution in [0.4, 0.5) is 11.5 Å². The van der Waals surface area contributed by atoms with Crippen LogP contribution in [0.2, 0.25) is 0 Å². The van der Waals surface area contributed by atoms with Crippen LogP contribution < -0.4 is 11.1 Å². The predicted molar refractivity (Wildman–Crippen MR) is 134 cm³/mol. The van der Waals surface area contributed by atoms with E-state index in [2.05, 4.69) is 5.32 Å². The zero-order valence-corrected chi connectivity index (χ0v) is 18.9. The Morgan fingerprint density at radius 1 is 1.00 bits per heavy atom. The Hall–Kier alpha value is -3.47. The molecule has 0 bridgehead atoms. The fourth-order valence-corrected chi connectivity index (χ4v) is 4.96. The fourth-order valence-electron chi connectivity index (χ4n) is 4.96. The van der Waals surface area contributed by atoms with Crippen molar-refractivity contribution in [1.29, 1.82) is 0 Å². The number of hydrogen-bond acceptors (Lipinski definition) is 4. The molecule has 2 aliphatic rings. The van der Waals surface area contributed by atoms with Crippen molar-refractivity contribution in [2.24, 2.45) is 5.92 Å². The minimum Gasteiger partial charge on any atom is -0.399 e. The van der Waals surface area contributed by atoms with Gasteiger partial charge in [0.15, 0.2) is 5.82 Å². The number of nitrogens with two attached hydrogens (primary N) is 1. The molecule has 1 saturated carbocycles. The molecule has 5 nitrogen and oxygen atoms in total. The van der Waals surface area contributed by atoms with Gasteiger partial charge < -0.3 is 11.1 Å². The summed E-state index contributed by atoms with van der Waals surface area (Å²) in [6.45, 7) is 0. The van der Waals surface area contributed by atoms with Gasteiger partial charge in [-0.05, 0) is 60.9 Å². The highest BCUT2D eigenvalue weighted by molar-refractivity contribution is 5.92. The third kappa shape index (κ3) is 4.98. The summed E-state index contributed by atoms with van der Waals surface area (Å²) in [5, 5.41) is 3.09. The number of aromatic nitrogens is 2. The second-order valence-electron chi connectivity index (χ2n) is 9.17. The number of rotatable bonds is 5. The zero-order chi connectivity index (χ0) is 22.6. The highest BCUT2D eigenvalue weighted by atomic mass is 16.1. The molecular formula is C28H30N4O. The first-order valence-electron chi connectivity index (χ1n) is 12.0. The van der Waals surface area contributed by atoms with Crippen LogP contribution in [0.25, 0.3) is 23.4 Å². The lowest BCUT2D eigenvalue weighted by Gasteiger charge is -2.22. The van der Waals surface area contributed by atoms with Gasteiger partial charge in [0, 0.05) is 17.7 Å². The molecule has 0 radical (unpaired) electrons. The molecule has 0 saturated heterocycles. The van der Waals surface area contributed by atoms with Crippen LogP contribution in [0.15, 0.2) is 48.5 Å². The second-order valence-corrected chi connectivity index (χ2v) is 9.17. The van der Waals surface area contributed by atoms with Crippen molar-refractivity contribution < 1.29 is 4.79 Å². The molecule has 3 aromatic rings. The number of nitrogens with one attached hydrogen (secondary N) is 1. The lowest BCUT2D eigenvalue weighted by Crippen LogP contribution is -2.21. The van der Waals surface area contributed by atoms with E-state index in [1.165, 1.54) is 24.8 Å². The smallest absolute Gasteiger partial charge is 0.225 e. The van der Waals surface area contributed by atoms with Gasteiger partial charge in [-0.15, -0.1) is 0 Å². The topological polar surface area (TPSA) is 80.9 Å². The Morgan fingerprint density at radius 2 is 1.82 bits per heavy atom. The molecule has 0 atom stereocenters. The van der Waals surface area contributed by atoms with Crippen molar-refractivity contribution in [2.45, 2.75) is 51.4 Å². The van der Waals surface area contributed by atoms with Crippen molar-refractivity contribution in [2.75, 3.05) is 11.1 Å². The van der Waals surface area contributed by atoms with Crippen molar-refractivity contribution in [3.8, 4) is 11.3 Å². The van der Waals surface area contributed by atoms with Gasteiger partial charge in [-0.1, -0.05) is 61.7 Å². The number of anilines is 2. The lowest BCUT2D eigenvalue weighted by atomic mass is 9.87. The fraction of sp³-hybridized carbons (Fsp3) is 0.321. The SMILES string of the molecule is Nc1ccc2c(c1)CCc1nc(NC(=O)CC3CCCCC3)c(C=Cc3ccccc3)nc1-2. The van der Waals surface area contributed by atoms with Gasteiger partial charge in [0.2, 0.25) is 5.91 Å². The molecular weight excluding hydrogens is 408 g/mol. The third-order valence-corrected chi connectivity index (χ3v) is 6.70. The number of carbonyl (C=O) groups excluding carboxylic acids is 1. The zero-order valence-electron chi connectivity index (χ0n) is 18.9. The summed E-state index contributed by atoms with van der Waals surface area (Å²) >= 11 is 0. The summed E-state index contributed by atoms with van der Waals surface area (Å²) in [7, 11) is 0. The molecule has 2 aliphatic carbocycles. The number of nitrogens with zero attached hydrogens (tertiary/aromatic N) is 2. The number of hydrogen-bond donors (Lipinski definition) is 2. The van der Waals surface area contributed by atoms with Crippen LogP contribution >= 0.6 is 0 Å². The highest BCUT2D eigenvalue weighted by Gasteiger charge is 2.23. The molecule has 168 valence electrons. The van der Waals surface area contributed by atoms with Crippen LogP contribution in [0, 0.1) is 5.92 Å². The maximum absolute atomic E-state index is 12.9. The first-order chi connectivity index (χ1) is 16.2. The van der Waals surface area contributed by atoms with Crippen molar-refractivity contribution in [3.63, 3.8) is 0 Å². The molecule has 33 heavy (non-hydrogen) atoms. The third-order valence-electron chi connectivity index (χ3n) is 6.70.